The van der Waals surface area contributed by atoms with Crippen molar-refractivity contribution in [3.8, 4) is 5.75 Å². The highest BCUT2D eigenvalue weighted by Gasteiger charge is 2.45. The summed E-state index contributed by atoms with van der Waals surface area (Å²) in [5.74, 6) is -0.0556. The minimum Gasteiger partial charge on any atom is -0.508 e. The van der Waals surface area contributed by atoms with Gasteiger partial charge in [-0.1, -0.05) is 24.3 Å². The van der Waals surface area contributed by atoms with Crippen molar-refractivity contribution in [3.05, 3.63) is 64.7 Å². The molecule has 2 aromatic rings. The molecule has 24 heavy (non-hydrogen) atoms. The average Bonchev–Trinajstić information content (AvgIpc) is 2.88. The van der Waals surface area contributed by atoms with Crippen molar-refractivity contribution in [1.29, 1.82) is 0 Å². The van der Waals surface area contributed by atoms with E-state index in [0.717, 1.165) is 30.5 Å². The summed E-state index contributed by atoms with van der Waals surface area (Å²) in [4.78, 5) is 0. The third-order valence-corrected chi connectivity index (χ3v) is 5.28. The zero-order valence-electron chi connectivity index (χ0n) is 13.0. The number of aromatic hydroxyl groups is 1. The minimum atomic E-state index is -4.37. The second kappa shape index (κ2) is 5.52. The summed E-state index contributed by atoms with van der Waals surface area (Å²) in [6, 6.07) is 10.9. The van der Waals surface area contributed by atoms with Gasteiger partial charge in [0.25, 0.3) is 0 Å². The van der Waals surface area contributed by atoms with Gasteiger partial charge in [0.15, 0.2) is 0 Å². The first-order chi connectivity index (χ1) is 11.5. The summed E-state index contributed by atoms with van der Waals surface area (Å²) in [6.07, 6.45) is -2.54. The molecule has 0 aromatic heterocycles. The molecule has 0 bridgehead atoms. The molecule has 1 saturated heterocycles. The lowest BCUT2D eigenvalue weighted by atomic mass is 9.79. The Hall–Kier alpha value is -2.01. The maximum Gasteiger partial charge on any atom is 0.416 e. The average molecular weight is 333 g/mol. The van der Waals surface area contributed by atoms with E-state index in [1.807, 2.05) is 0 Å². The summed E-state index contributed by atoms with van der Waals surface area (Å²) in [5, 5.41) is 13.2. The summed E-state index contributed by atoms with van der Waals surface area (Å²) >= 11 is 0. The van der Waals surface area contributed by atoms with Gasteiger partial charge in [-0.05, 0) is 60.2 Å². The van der Waals surface area contributed by atoms with Crippen LogP contribution in [-0.2, 0) is 6.18 Å². The van der Waals surface area contributed by atoms with Gasteiger partial charge in [-0.25, -0.2) is 0 Å². The number of halogens is 3. The zero-order chi connectivity index (χ0) is 16.9. The Morgan fingerprint density at radius 3 is 2.58 bits per heavy atom. The Bertz CT molecular complexity index is 771. The van der Waals surface area contributed by atoms with Crippen LogP contribution in [0.4, 0.5) is 13.2 Å². The highest BCUT2D eigenvalue weighted by atomic mass is 19.4. The molecular weight excluding hydrogens is 315 g/mol. The van der Waals surface area contributed by atoms with Crippen molar-refractivity contribution in [1.82, 2.24) is 5.32 Å². The van der Waals surface area contributed by atoms with Crippen LogP contribution in [0.1, 0.15) is 47.1 Å². The van der Waals surface area contributed by atoms with Crippen LogP contribution >= 0.6 is 0 Å². The molecule has 2 nitrogen and oxygen atoms in total. The van der Waals surface area contributed by atoms with Crippen molar-refractivity contribution < 1.29 is 18.3 Å². The first kappa shape index (κ1) is 15.5. The topological polar surface area (TPSA) is 32.3 Å². The number of rotatable bonds is 1. The molecule has 2 N–H and O–H groups in total. The lowest BCUT2D eigenvalue weighted by Crippen LogP contribution is -2.33. The second-order valence-corrected chi connectivity index (χ2v) is 6.61. The quantitative estimate of drug-likeness (QED) is 0.799. The molecule has 0 spiro atoms. The zero-order valence-corrected chi connectivity index (χ0v) is 13.0. The lowest BCUT2D eigenvalue weighted by Gasteiger charge is -2.32. The smallest absolute Gasteiger partial charge is 0.416 e. The molecule has 3 atom stereocenters. The third kappa shape index (κ3) is 2.38. The number of alkyl halides is 3. The fraction of sp³-hybridized carbons (Fsp3) is 0.368. The van der Waals surface area contributed by atoms with Crippen LogP contribution < -0.4 is 5.32 Å². The molecule has 0 saturated carbocycles. The number of benzene rings is 2. The number of nitrogens with one attached hydrogen (secondary N) is 1. The van der Waals surface area contributed by atoms with E-state index in [4.69, 9.17) is 0 Å². The summed E-state index contributed by atoms with van der Waals surface area (Å²) < 4.78 is 40.5. The number of hydrogen-bond acceptors (Lipinski definition) is 2. The highest BCUT2D eigenvalue weighted by Crippen LogP contribution is 2.54. The van der Waals surface area contributed by atoms with Gasteiger partial charge in [-0.3, -0.25) is 0 Å². The van der Waals surface area contributed by atoms with E-state index in [1.54, 1.807) is 30.3 Å². The fourth-order valence-corrected chi connectivity index (χ4v) is 4.38. The van der Waals surface area contributed by atoms with Crippen LogP contribution in [0.15, 0.2) is 42.5 Å². The van der Waals surface area contributed by atoms with Crippen molar-refractivity contribution in [2.24, 2.45) is 5.92 Å². The Labute approximate surface area is 138 Å². The van der Waals surface area contributed by atoms with Crippen LogP contribution in [0.5, 0.6) is 5.75 Å². The molecule has 1 fully saturated rings. The standard InChI is InChI=1S/C19H18F3NO/c20-19(21,22)16-6-2-1-4-13(16)17-12-8-7-11(24)10-15(12)18-14(17)5-3-9-23-18/h1-2,4,6-8,10,14,17-18,23-24H,3,5,9H2. The van der Waals surface area contributed by atoms with Gasteiger partial charge in [0.2, 0.25) is 0 Å². The second-order valence-electron chi connectivity index (χ2n) is 6.61. The van der Waals surface area contributed by atoms with Gasteiger partial charge >= 0.3 is 6.18 Å². The molecule has 1 aliphatic heterocycles. The monoisotopic (exact) mass is 333 g/mol. The van der Waals surface area contributed by atoms with Gasteiger partial charge in [0.05, 0.1) is 5.56 Å². The summed E-state index contributed by atoms with van der Waals surface area (Å²) in [6.45, 7) is 0.851. The number of phenols is 1. The maximum absolute atomic E-state index is 13.5. The first-order valence-corrected chi connectivity index (χ1v) is 8.19. The third-order valence-electron chi connectivity index (χ3n) is 5.28. The SMILES string of the molecule is Oc1ccc2c(c1)C1NCCCC1C2c1ccccc1C(F)(F)F. The largest absolute Gasteiger partial charge is 0.508 e. The number of piperidine rings is 1. The van der Waals surface area contributed by atoms with Gasteiger partial charge in [0.1, 0.15) is 5.75 Å². The number of phenolic OH excluding ortho intramolecular Hbond substituents is 1. The Balaban J connectivity index is 1.90. The van der Waals surface area contributed by atoms with E-state index in [-0.39, 0.29) is 23.6 Å². The van der Waals surface area contributed by atoms with Crippen molar-refractivity contribution in [2.75, 3.05) is 6.54 Å². The van der Waals surface area contributed by atoms with E-state index in [9.17, 15) is 18.3 Å². The van der Waals surface area contributed by atoms with E-state index in [2.05, 4.69) is 5.32 Å². The van der Waals surface area contributed by atoms with Gasteiger partial charge in [-0.2, -0.15) is 13.2 Å². The maximum atomic E-state index is 13.5. The first-order valence-electron chi connectivity index (χ1n) is 8.19. The van der Waals surface area contributed by atoms with Gasteiger partial charge < -0.3 is 10.4 Å². The Morgan fingerprint density at radius 1 is 1.00 bits per heavy atom. The van der Waals surface area contributed by atoms with Crippen molar-refractivity contribution >= 4 is 0 Å². The minimum absolute atomic E-state index is 0.00661. The molecule has 1 aliphatic carbocycles. The van der Waals surface area contributed by atoms with Gasteiger partial charge in [-0.15, -0.1) is 0 Å². The molecule has 2 aliphatic rings. The molecule has 0 radical (unpaired) electrons. The molecule has 2 aromatic carbocycles. The molecular formula is C19H18F3NO. The Kier molecular flexibility index (Phi) is 3.57. The normalized spacial score (nSPS) is 26.0. The molecule has 3 unspecified atom stereocenters. The Morgan fingerprint density at radius 2 is 1.79 bits per heavy atom. The number of hydrogen-bond donors (Lipinski definition) is 2. The number of fused-ring (bicyclic) bond motifs is 3. The van der Waals surface area contributed by atoms with Crippen LogP contribution in [0.3, 0.4) is 0 Å². The molecule has 0 amide bonds. The lowest BCUT2D eigenvalue weighted by molar-refractivity contribution is -0.138. The van der Waals surface area contributed by atoms with Crippen LogP contribution in [0, 0.1) is 5.92 Å². The molecule has 4 rings (SSSR count). The van der Waals surface area contributed by atoms with Crippen molar-refractivity contribution in [2.45, 2.75) is 31.0 Å². The van der Waals surface area contributed by atoms with E-state index < -0.39 is 11.7 Å². The fourth-order valence-electron chi connectivity index (χ4n) is 4.38. The molecule has 5 heteroatoms. The highest BCUT2D eigenvalue weighted by molar-refractivity contribution is 5.51. The van der Waals surface area contributed by atoms with E-state index in [0.29, 0.717) is 5.56 Å². The van der Waals surface area contributed by atoms with Crippen molar-refractivity contribution in [3.63, 3.8) is 0 Å². The summed E-state index contributed by atoms with van der Waals surface area (Å²) in [5.41, 5.74) is 1.61. The van der Waals surface area contributed by atoms with E-state index in [1.165, 1.54) is 12.1 Å². The van der Waals surface area contributed by atoms with Crippen LogP contribution in [-0.4, -0.2) is 11.7 Å². The van der Waals surface area contributed by atoms with Crippen LogP contribution in [0.2, 0.25) is 0 Å². The van der Waals surface area contributed by atoms with Crippen LogP contribution in [0.25, 0.3) is 0 Å². The predicted octanol–water partition coefficient (Wildman–Crippen LogP) is 4.60. The molecule has 1 heterocycles. The molecule has 126 valence electrons. The summed E-state index contributed by atoms with van der Waals surface area (Å²) in [7, 11) is 0. The van der Waals surface area contributed by atoms with E-state index >= 15 is 0 Å². The van der Waals surface area contributed by atoms with Gasteiger partial charge in [0, 0.05) is 12.0 Å². The predicted molar refractivity (Wildman–Crippen MR) is 84.9 cm³/mol.